The van der Waals surface area contributed by atoms with E-state index in [0.29, 0.717) is 11.1 Å². The number of amides is 1. The van der Waals surface area contributed by atoms with E-state index in [9.17, 15) is 9.59 Å². The molecule has 0 radical (unpaired) electrons. The average Bonchev–Trinajstić information content (AvgIpc) is 2.86. The number of rotatable bonds is 7. The zero-order chi connectivity index (χ0) is 17.9. The molecule has 1 aromatic carbocycles. The van der Waals surface area contributed by atoms with Crippen LogP contribution in [0.1, 0.15) is 43.3 Å². The molecule has 1 atom stereocenters. The molecule has 0 aliphatic rings. The van der Waals surface area contributed by atoms with Gasteiger partial charge in [-0.05, 0) is 18.9 Å². The maximum atomic E-state index is 12.8. The topological polar surface area (TPSA) is 88.8 Å². The summed E-state index contributed by atoms with van der Waals surface area (Å²) in [7, 11) is 1.55. The highest BCUT2D eigenvalue weighted by Gasteiger charge is 2.34. The molecule has 0 aliphatic carbocycles. The first kappa shape index (κ1) is 18.0. The number of hydrogen-bond acceptors (Lipinski definition) is 4. The van der Waals surface area contributed by atoms with Crippen LogP contribution < -0.4 is 5.32 Å². The fourth-order valence-corrected chi connectivity index (χ4v) is 2.59. The zero-order valence-corrected chi connectivity index (χ0v) is 14.4. The van der Waals surface area contributed by atoms with Gasteiger partial charge in [-0.25, -0.2) is 0 Å². The number of methoxy groups -OCH3 is 1. The molecule has 1 heterocycles. The van der Waals surface area contributed by atoms with Crippen molar-refractivity contribution in [2.24, 2.45) is 5.92 Å². The van der Waals surface area contributed by atoms with Gasteiger partial charge in [0.2, 0.25) is 0 Å². The Balaban J connectivity index is 2.40. The summed E-state index contributed by atoms with van der Waals surface area (Å²) < 4.78 is 10.9. The number of furan rings is 1. The van der Waals surface area contributed by atoms with Crippen LogP contribution in [0.15, 0.2) is 28.7 Å². The highest BCUT2D eigenvalue weighted by molar-refractivity contribution is 5.99. The molecule has 130 valence electrons. The number of carboxylic acids is 1. The number of carbonyl (C=O) groups is 2. The summed E-state index contributed by atoms with van der Waals surface area (Å²) in [6.07, 6.45) is -0.170. The maximum Gasteiger partial charge on any atom is 0.305 e. The third-order valence-corrected chi connectivity index (χ3v) is 4.39. The third-order valence-electron chi connectivity index (χ3n) is 4.39. The van der Waals surface area contributed by atoms with E-state index in [-0.39, 0.29) is 24.7 Å². The molecule has 2 N–H and O–H groups in total. The second-order valence-corrected chi connectivity index (χ2v) is 6.44. The van der Waals surface area contributed by atoms with Crippen LogP contribution in [0.4, 0.5) is 0 Å². The normalized spacial score (nSPS) is 13.9. The molecule has 0 saturated heterocycles. The summed E-state index contributed by atoms with van der Waals surface area (Å²) in [5, 5.41) is 12.8. The number of benzene rings is 1. The lowest BCUT2D eigenvalue weighted by Gasteiger charge is -2.33. The van der Waals surface area contributed by atoms with Crippen LogP contribution >= 0.6 is 0 Å². The van der Waals surface area contributed by atoms with E-state index in [2.05, 4.69) is 5.32 Å². The Bertz CT molecular complexity index is 749. The second-order valence-electron chi connectivity index (χ2n) is 6.44. The molecule has 0 saturated carbocycles. The Kier molecular flexibility index (Phi) is 5.29. The van der Waals surface area contributed by atoms with Crippen molar-refractivity contribution in [1.82, 2.24) is 5.32 Å². The Morgan fingerprint density at radius 1 is 1.33 bits per heavy atom. The van der Waals surface area contributed by atoms with Gasteiger partial charge in [-0.15, -0.1) is 0 Å². The maximum absolute atomic E-state index is 12.8. The molecule has 0 spiro atoms. The highest BCUT2D eigenvalue weighted by atomic mass is 16.5. The van der Waals surface area contributed by atoms with Crippen molar-refractivity contribution in [3.63, 3.8) is 0 Å². The van der Waals surface area contributed by atoms with Crippen LogP contribution in [0, 0.1) is 5.92 Å². The highest BCUT2D eigenvalue weighted by Crippen LogP contribution is 2.28. The van der Waals surface area contributed by atoms with E-state index >= 15 is 0 Å². The van der Waals surface area contributed by atoms with Crippen molar-refractivity contribution in [3.8, 4) is 0 Å². The molecule has 1 aromatic heterocycles. The second kappa shape index (κ2) is 7.05. The predicted octanol–water partition coefficient (Wildman–Crippen LogP) is 3.20. The first-order valence-electron chi connectivity index (χ1n) is 7.82. The van der Waals surface area contributed by atoms with E-state index < -0.39 is 17.4 Å². The third kappa shape index (κ3) is 3.59. The van der Waals surface area contributed by atoms with Gasteiger partial charge in [0.15, 0.2) is 5.76 Å². The fourth-order valence-electron chi connectivity index (χ4n) is 2.59. The SMILES string of the molecule is COCc1c(C(=O)NC(C)(CC(=O)O)C(C)C)oc2ccccc12. The van der Waals surface area contributed by atoms with E-state index in [1.165, 1.54) is 0 Å². The van der Waals surface area contributed by atoms with Gasteiger partial charge in [0.25, 0.3) is 5.91 Å². The van der Waals surface area contributed by atoms with E-state index in [4.69, 9.17) is 14.3 Å². The lowest BCUT2D eigenvalue weighted by atomic mass is 9.85. The zero-order valence-electron chi connectivity index (χ0n) is 14.4. The molecule has 6 nitrogen and oxygen atoms in total. The van der Waals surface area contributed by atoms with Crippen LogP contribution in [-0.2, 0) is 16.1 Å². The molecule has 0 fully saturated rings. The Morgan fingerprint density at radius 3 is 2.58 bits per heavy atom. The van der Waals surface area contributed by atoms with Crippen LogP contribution in [-0.4, -0.2) is 29.6 Å². The number of carboxylic acid groups (broad SMARTS) is 1. The fraction of sp³-hybridized carbons (Fsp3) is 0.444. The van der Waals surface area contributed by atoms with Crippen molar-refractivity contribution in [1.29, 1.82) is 0 Å². The quantitative estimate of drug-likeness (QED) is 0.812. The number of carbonyl (C=O) groups excluding carboxylic acids is 1. The molecule has 0 bridgehead atoms. The molecular weight excluding hydrogens is 310 g/mol. The molecule has 2 aromatic rings. The van der Waals surface area contributed by atoms with Crippen molar-refractivity contribution in [2.75, 3.05) is 7.11 Å². The molecule has 1 amide bonds. The van der Waals surface area contributed by atoms with Gasteiger partial charge >= 0.3 is 5.97 Å². The number of hydrogen-bond donors (Lipinski definition) is 2. The number of ether oxygens (including phenoxy) is 1. The van der Waals surface area contributed by atoms with Gasteiger partial charge in [-0.1, -0.05) is 32.0 Å². The predicted molar refractivity (Wildman–Crippen MR) is 89.9 cm³/mol. The monoisotopic (exact) mass is 333 g/mol. The minimum atomic E-state index is -0.965. The van der Waals surface area contributed by atoms with Crippen molar-refractivity contribution >= 4 is 22.8 Å². The van der Waals surface area contributed by atoms with Gasteiger partial charge in [0.1, 0.15) is 5.58 Å². The van der Waals surface area contributed by atoms with E-state index in [1.807, 2.05) is 32.0 Å². The largest absolute Gasteiger partial charge is 0.481 e. The van der Waals surface area contributed by atoms with Crippen LogP contribution in [0.3, 0.4) is 0 Å². The van der Waals surface area contributed by atoms with Crippen LogP contribution in [0.2, 0.25) is 0 Å². The molecule has 2 rings (SSSR count). The average molecular weight is 333 g/mol. The first-order chi connectivity index (χ1) is 11.3. The Labute approximate surface area is 140 Å². The van der Waals surface area contributed by atoms with Crippen molar-refractivity contribution < 1.29 is 23.8 Å². The van der Waals surface area contributed by atoms with Gasteiger partial charge in [0, 0.05) is 18.1 Å². The molecular formula is C18H23NO5. The summed E-state index contributed by atoms with van der Waals surface area (Å²) in [6, 6.07) is 7.33. The summed E-state index contributed by atoms with van der Waals surface area (Å²) in [5.74, 6) is -1.30. The Hall–Kier alpha value is -2.34. The van der Waals surface area contributed by atoms with Crippen LogP contribution in [0.5, 0.6) is 0 Å². The van der Waals surface area contributed by atoms with Gasteiger partial charge in [0.05, 0.1) is 18.6 Å². The lowest BCUT2D eigenvalue weighted by molar-refractivity contribution is -0.138. The summed E-state index contributed by atoms with van der Waals surface area (Å²) >= 11 is 0. The molecule has 24 heavy (non-hydrogen) atoms. The number of para-hydroxylation sites is 1. The summed E-state index contributed by atoms with van der Waals surface area (Å²) in [6.45, 7) is 5.70. The van der Waals surface area contributed by atoms with Gasteiger partial charge in [-0.2, -0.15) is 0 Å². The first-order valence-corrected chi connectivity index (χ1v) is 7.82. The van der Waals surface area contributed by atoms with Gasteiger partial charge < -0.3 is 19.6 Å². The van der Waals surface area contributed by atoms with Crippen LogP contribution in [0.25, 0.3) is 11.0 Å². The lowest BCUT2D eigenvalue weighted by Crippen LogP contribution is -2.51. The van der Waals surface area contributed by atoms with Crippen molar-refractivity contribution in [2.45, 2.75) is 39.3 Å². The number of nitrogens with one attached hydrogen (secondary N) is 1. The van der Waals surface area contributed by atoms with Crippen molar-refractivity contribution in [3.05, 3.63) is 35.6 Å². The molecule has 6 heteroatoms. The smallest absolute Gasteiger partial charge is 0.305 e. The minimum absolute atomic E-state index is 0.0622. The standard InChI is InChI=1S/C18H23NO5/c1-11(2)18(3,9-15(20)21)19-17(22)16-13(10-23-4)12-7-5-6-8-14(12)24-16/h5-8,11H,9-10H2,1-4H3,(H,19,22)(H,20,21). The van der Waals surface area contributed by atoms with E-state index in [1.54, 1.807) is 20.1 Å². The summed E-state index contributed by atoms with van der Waals surface area (Å²) in [5.41, 5.74) is 0.373. The Morgan fingerprint density at radius 2 is 2.00 bits per heavy atom. The summed E-state index contributed by atoms with van der Waals surface area (Å²) in [4.78, 5) is 23.9. The van der Waals surface area contributed by atoms with E-state index in [0.717, 1.165) is 5.39 Å². The molecule has 1 unspecified atom stereocenters. The number of fused-ring (bicyclic) bond motifs is 1. The minimum Gasteiger partial charge on any atom is -0.481 e. The van der Waals surface area contributed by atoms with Gasteiger partial charge in [-0.3, -0.25) is 9.59 Å². The molecule has 0 aliphatic heterocycles. The number of aliphatic carboxylic acids is 1.